The van der Waals surface area contributed by atoms with Crippen LogP contribution in [0.2, 0.25) is 0 Å². The molecule has 2 aromatic carbocycles. The number of benzene rings is 2. The fourth-order valence-corrected chi connectivity index (χ4v) is 1.92. The highest BCUT2D eigenvalue weighted by Gasteiger charge is 2.15. The van der Waals surface area contributed by atoms with Gasteiger partial charge >= 0.3 is 0 Å². The SMILES string of the molecule is Cc1ccc(C(N)=S)c(Nc2ccc(F)c(F)c2F)c1. The van der Waals surface area contributed by atoms with Crippen molar-refractivity contribution in [3.8, 4) is 0 Å². The molecule has 0 aliphatic carbocycles. The van der Waals surface area contributed by atoms with Crippen molar-refractivity contribution in [2.75, 3.05) is 5.32 Å². The van der Waals surface area contributed by atoms with Crippen LogP contribution in [0.1, 0.15) is 11.1 Å². The molecule has 3 N–H and O–H groups in total. The number of nitrogens with two attached hydrogens (primary N) is 1. The summed E-state index contributed by atoms with van der Waals surface area (Å²) >= 11 is 4.90. The Morgan fingerprint density at radius 1 is 1.05 bits per heavy atom. The minimum absolute atomic E-state index is 0.121. The van der Waals surface area contributed by atoms with Gasteiger partial charge in [-0.1, -0.05) is 18.3 Å². The highest BCUT2D eigenvalue weighted by molar-refractivity contribution is 7.80. The Morgan fingerprint density at radius 2 is 1.75 bits per heavy atom. The maximum atomic E-state index is 13.6. The van der Waals surface area contributed by atoms with Gasteiger partial charge in [-0.3, -0.25) is 0 Å². The third-order valence-corrected chi connectivity index (χ3v) is 2.96. The van der Waals surface area contributed by atoms with Crippen LogP contribution < -0.4 is 11.1 Å². The lowest BCUT2D eigenvalue weighted by Gasteiger charge is -2.13. The summed E-state index contributed by atoms with van der Waals surface area (Å²) in [6.07, 6.45) is 0. The van der Waals surface area contributed by atoms with E-state index in [4.69, 9.17) is 18.0 Å². The second-order valence-corrected chi connectivity index (χ2v) is 4.70. The maximum Gasteiger partial charge on any atom is 0.196 e. The third kappa shape index (κ3) is 2.75. The number of rotatable bonds is 3. The molecule has 6 heteroatoms. The van der Waals surface area contributed by atoms with Gasteiger partial charge in [0.2, 0.25) is 0 Å². The average molecular weight is 296 g/mol. The van der Waals surface area contributed by atoms with E-state index in [1.54, 1.807) is 18.2 Å². The summed E-state index contributed by atoms with van der Waals surface area (Å²) in [5.41, 5.74) is 7.20. The largest absolute Gasteiger partial charge is 0.389 e. The first-order valence-corrected chi connectivity index (χ1v) is 6.12. The van der Waals surface area contributed by atoms with Gasteiger partial charge in [-0.2, -0.15) is 0 Å². The summed E-state index contributed by atoms with van der Waals surface area (Å²) in [5, 5.41) is 2.68. The molecule has 0 radical (unpaired) electrons. The molecule has 2 nitrogen and oxygen atoms in total. The van der Waals surface area contributed by atoms with E-state index in [9.17, 15) is 13.2 Å². The summed E-state index contributed by atoms with van der Waals surface area (Å²) in [5.74, 6) is -4.06. The van der Waals surface area contributed by atoms with Crippen molar-refractivity contribution in [3.05, 3.63) is 58.9 Å². The van der Waals surface area contributed by atoms with Crippen LogP contribution in [0.25, 0.3) is 0 Å². The first-order chi connectivity index (χ1) is 9.40. The molecule has 2 aromatic rings. The van der Waals surface area contributed by atoms with Crippen molar-refractivity contribution >= 4 is 28.6 Å². The zero-order chi connectivity index (χ0) is 14.9. The molecule has 0 saturated carbocycles. The molecule has 0 aliphatic heterocycles. The Labute approximate surface area is 119 Å². The second kappa shape index (κ2) is 5.50. The molecular formula is C14H11F3N2S. The van der Waals surface area contributed by atoms with E-state index in [-0.39, 0.29) is 10.7 Å². The van der Waals surface area contributed by atoms with Gasteiger partial charge in [0, 0.05) is 11.3 Å². The summed E-state index contributed by atoms with van der Waals surface area (Å²) < 4.78 is 39.7. The van der Waals surface area contributed by atoms with Gasteiger partial charge < -0.3 is 11.1 Å². The number of hydrogen-bond donors (Lipinski definition) is 2. The van der Waals surface area contributed by atoms with Crippen LogP contribution in [0, 0.1) is 24.4 Å². The van der Waals surface area contributed by atoms with Gasteiger partial charge in [-0.25, -0.2) is 13.2 Å². The van der Waals surface area contributed by atoms with E-state index in [0.717, 1.165) is 17.7 Å². The Balaban J connectivity index is 2.47. The van der Waals surface area contributed by atoms with Crippen LogP contribution in [-0.4, -0.2) is 4.99 Å². The molecule has 0 aromatic heterocycles. The third-order valence-electron chi connectivity index (χ3n) is 2.75. The smallest absolute Gasteiger partial charge is 0.196 e. The lowest BCUT2D eigenvalue weighted by Crippen LogP contribution is -2.12. The number of halogens is 3. The fraction of sp³-hybridized carbons (Fsp3) is 0.0714. The number of anilines is 2. The number of hydrogen-bond acceptors (Lipinski definition) is 2. The van der Waals surface area contributed by atoms with Gasteiger partial charge in [0.25, 0.3) is 0 Å². The molecule has 0 aliphatic rings. The van der Waals surface area contributed by atoms with Crippen molar-refractivity contribution in [3.63, 3.8) is 0 Å². The second-order valence-electron chi connectivity index (χ2n) is 4.26. The molecule has 0 amide bonds. The van der Waals surface area contributed by atoms with Gasteiger partial charge in [0.05, 0.1) is 5.69 Å². The number of nitrogens with one attached hydrogen (secondary N) is 1. The molecular weight excluding hydrogens is 285 g/mol. The highest BCUT2D eigenvalue weighted by atomic mass is 32.1. The predicted molar refractivity (Wildman–Crippen MR) is 76.7 cm³/mol. The minimum Gasteiger partial charge on any atom is -0.389 e. The maximum absolute atomic E-state index is 13.6. The van der Waals surface area contributed by atoms with Crippen molar-refractivity contribution in [1.82, 2.24) is 0 Å². The zero-order valence-corrected chi connectivity index (χ0v) is 11.3. The number of thiocarbonyl (C=S) groups is 1. The Morgan fingerprint density at radius 3 is 2.40 bits per heavy atom. The summed E-state index contributed by atoms with van der Waals surface area (Å²) in [6, 6.07) is 7.12. The van der Waals surface area contributed by atoms with Gasteiger partial charge in [-0.05, 0) is 36.8 Å². The Hall–Kier alpha value is -2.08. The first kappa shape index (κ1) is 14.3. The van der Waals surface area contributed by atoms with Crippen molar-refractivity contribution < 1.29 is 13.2 Å². The topological polar surface area (TPSA) is 38.0 Å². The number of aryl methyl sites for hydroxylation is 1. The van der Waals surface area contributed by atoms with Crippen molar-refractivity contribution in [1.29, 1.82) is 0 Å². The highest BCUT2D eigenvalue weighted by Crippen LogP contribution is 2.26. The minimum atomic E-state index is -1.53. The van der Waals surface area contributed by atoms with E-state index in [0.29, 0.717) is 11.3 Å². The monoisotopic (exact) mass is 296 g/mol. The lowest BCUT2D eigenvalue weighted by molar-refractivity contribution is 0.449. The van der Waals surface area contributed by atoms with Crippen LogP contribution in [0.15, 0.2) is 30.3 Å². The van der Waals surface area contributed by atoms with Crippen LogP contribution in [-0.2, 0) is 0 Å². The molecule has 20 heavy (non-hydrogen) atoms. The van der Waals surface area contributed by atoms with Crippen molar-refractivity contribution in [2.24, 2.45) is 5.73 Å². The van der Waals surface area contributed by atoms with E-state index in [1.165, 1.54) is 0 Å². The predicted octanol–water partition coefficient (Wildman–Crippen LogP) is 3.79. The van der Waals surface area contributed by atoms with Gasteiger partial charge in [-0.15, -0.1) is 0 Å². The van der Waals surface area contributed by atoms with E-state index < -0.39 is 17.5 Å². The standard InChI is InChI=1S/C14H11F3N2S/c1-7-2-3-8(14(18)20)11(6-7)19-10-5-4-9(15)12(16)13(10)17/h2-6,19H,1H3,(H2,18,20). The van der Waals surface area contributed by atoms with Crippen LogP contribution in [0.5, 0.6) is 0 Å². The molecule has 104 valence electrons. The fourth-order valence-electron chi connectivity index (χ4n) is 1.74. The summed E-state index contributed by atoms with van der Waals surface area (Å²) in [4.78, 5) is 0.121. The molecule has 0 heterocycles. The zero-order valence-electron chi connectivity index (χ0n) is 10.5. The van der Waals surface area contributed by atoms with Gasteiger partial charge in [0.15, 0.2) is 17.5 Å². The van der Waals surface area contributed by atoms with E-state index in [1.807, 2.05) is 6.92 Å². The van der Waals surface area contributed by atoms with Gasteiger partial charge in [0.1, 0.15) is 4.99 Å². The van der Waals surface area contributed by atoms with Crippen LogP contribution in [0.3, 0.4) is 0 Å². The molecule has 0 atom stereocenters. The molecule has 0 unspecified atom stereocenters. The quantitative estimate of drug-likeness (QED) is 0.668. The molecule has 0 bridgehead atoms. The molecule has 2 rings (SSSR count). The van der Waals surface area contributed by atoms with E-state index >= 15 is 0 Å². The average Bonchev–Trinajstić information content (AvgIpc) is 2.39. The molecule has 0 saturated heterocycles. The summed E-state index contributed by atoms with van der Waals surface area (Å²) in [7, 11) is 0. The van der Waals surface area contributed by atoms with Crippen LogP contribution in [0.4, 0.5) is 24.5 Å². The van der Waals surface area contributed by atoms with Crippen LogP contribution >= 0.6 is 12.2 Å². The Kier molecular flexibility index (Phi) is 3.94. The van der Waals surface area contributed by atoms with E-state index in [2.05, 4.69) is 5.32 Å². The lowest BCUT2D eigenvalue weighted by atomic mass is 10.1. The Bertz CT molecular complexity index is 686. The summed E-state index contributed by atoms with van der Waals surface area (Å²) in [6.45, 7) is 1.83. The van der Waals surface area contributed by atoms with Crippen molar-refractivity contribution in [2.45, 2.75) is 6.92 Å². The molecule has 0 spiro atoms. The first-order valence-electron chi connectivity index (χ1n) is 5.71. The molecule has 0 fully saturated rings. The normalized spacial score (nSPS) is 10.4.